The Hall–Kier alpha value is -1.69. The molecule has 0 unspecified atom stereocenters. The van der Waals surface area contributed by atoms with Crippen LogP contribution in [0, 0.1) is 6.92 Å². The molecule has 0 fully saturated rings. The quantitative estimate of drug-likeness (QED) is 0.943. The number of nitrogens with one attached hydrogen (secondary N) is 1. The minimum absolute atomic E-state index is 0.0185. The summed E-state index contributed by atoms with van der Waals surface area (Å²) in [6.45, 7) is 10.5. The van der Waals surface area contributed by atoms with E-state index >= 15 is 0 Å². The standard InChI is InChI=1S/C16H25N5O/c1-10(15-19-11(2)20-22-15)18-13-7-6-8-14-12(13)9-17-21(14)16(3,4)5/h9-10,13,18H,6-8H2,1-5H3/t10-,13+/m0/s1. The summed E-state index contributed by atoms with van der Waals surface area (Å²) in [6, 6.07) is 0.331. The maximum Gasteiger partial charge on any atom is 0.243 e. The van der Waals surface area contributed by atoms with E-state index in [1.807, 2.05) is 13.1 Å². The fourth-order valence-corrected chi connectivity index (χ4v) is 3.17. The van der Waals surface area contributed by atoms with Crippen molar-refractivity contribution in [1.82, 2.24) is 25.2 Å². The van der Waals surface area contributed by atoms with E-state index < -0.39 is 0 Å². The Bertz CT molecular complexity index is 652. The molecule has 0 amide bonds. The molecule has 2 aromatic rings. The van der Waals surface area contributed by atoms with Crippen molar-refractivity contribution in [2.24, 2.45) is 0 Å². The van der Waals surface area contributed by atoms with Gasteiger partial charge in [0.25, 0.3) is 0 Å². The minimum Gasteiger partial charge on any atom is -0.338 e. The second-order valence-electron chi connectivity index (χ2n) is 7.14. The second-order valence-corrected chi connectivity index (χ2v) is 7.14. The molecule has 2 atom stereocenters. The first kappa shape index (κ1) is 15.2. The highest BCUT2D eigenvalue weighted by molar-refractivity contribution is 5.26. The third kappa shape index (κ3) is 2.79. The lowest BCUT2D eigenvalue weighted by Gasteiger charge is -2.29. The molecule has 0 aromatic carbocycles. The van der Waals surface area contributed by atoms with Crippen LogP contribution in [0.3, 0.4) is 0 Å². The first-order valence-electron chi connectivity index (χ1n) is 8.00. The van der Waals surface area contributed by atoms with E-state index in [4.69, 9.17) is 4.52 Å². The molecule has 6 heteroatoms. The first-order valence-corrected chi connectivity index (χ1v) is 8.00. The number of aryl methyl sites for hydroxylation is 1. The lowest BCUT2D eigenvalue weighted by molar-refractivity contribution is 0.306. The molecule has 6 nitrogen and oxygen atoms in total. The molecule has 0 spiro atoms. The number of nitrogens with zero attached hydrogens (tertiary/aromatic N) is 4. The van der Waals surface area contributed by atoms with Crippen molar-refractivity contribution >= 4 is 0 Å². The number of fused-ring (bicyclic) bond motifs is 1. The second kappa shape index (κ2) is 5.50. The van der Waals surface area contributed by atoms with Crippen LogP contribution in [-0.4, -0.2) is 19.9 Å². The highest BCUT2D eigenvalue weighted by atomic mass is 16.5. The minimum atomic E-state index is 0.0185. The number of hydrogen-bond acceptors (Lipinski definition) is 5. The topological polar surface area (TPSA) is 68.8 Å². The molecule has 0 radical (unpaired) electrons. The molecule has 1 aliphatic rings. The Kier molecular flexibility index (Phi) is 3.80. The van der Waals surface area contributed by atoms with Gasteiger partial charge in [-0.1, -0.05) is 5.16 Å². The van der Waals surface area contributed by atoms with Gasteiger partial charge in [-0.15, -0.1) is 0 Å². The van der Waals surface area contributed by atoms with Gasteiger partial charge in [-0.3, -0.25) is 10.00 Å². The van der Waals surface area contributed by atoms with Crippen molar-refractivity contribution in [1.29, 1.82) is 0 Å². The molecule has 22 heavy (non-hydrogen) atoms. The molecule has 0 bridgehead atoms. The largest absolute Gasteiger partial charge is 0.338 e. The van der Waals surface area contributed by atoms with Gasteiger partial charge in [0.05, 0.1) is 17.8 Å². The van der Waals surface area contributed by atoms with Gasteiger partial charge in [0.1, 0.15) is 0 Å². The average Bonchev–Trinajstić information content (AvgIpc) is 3.04. The number of hydrogen-bond donors (Lipinski definition) is 1. The summed E-state index contributed by atoms with van der Waals surface area (Å²) < 4.78 is 7.43. The summed E-state index contributed by atoms with van der Waals surface area (Å²) in [5.41, 5.74) is 2.68. The van der Waals surface area contributed by atoms with Crippen LogP contribution in [0.1, 0.15) is 75.6 Å². The molecule has 3 rings (SSSR count). The Balaban J connectivity index is 1.82. The van der Waals surface area contributed by atoms with Crippen LogP contribution in [0.2, 0.25) is 0 Å². The van der Waals surface area contributed by atoms with E-state index in [1.165, 1.54) is 17.7 Å². The van der Waals surface area contributed by atoms with Crippen molar-refractivity contribution in [3.8, 4) is 0 Å². The molecule has 2 aromatic heterocycles. The summed E-state index contributed by atoms with van der Waals surface area (Å²) in [6.07, 6.45) is 5.39. The van der Waals surface area contributed by atoms with Gasteiger partial charge in [0.2, 0.25) is 5.89 Å². The third-order valence-corrected chi connectivity index (χ3v) is 4.18. The fourth-order valence-electron chi connectivity index (χ4n) is 3.17. The van der Waals surface area contributed by atoms with Crippen LogP contribution in [0.25, 0.3) is 0 Å². The number of rotatable bonds is 3. The predicted octanol–water partition coefficient (Wildman–Crippen LogP) is 3.06. The van der Waals surface area contributed by atoms with E-state index in [2.05, 4.69) is 52.9 Å². The van der Waals surface area contributed by atoms with Gasteiger partial charge >= 0.3 is 0 Å². The Morgan fingerprint density at radius 2 is 2.18 bits per heavy atom. The summed E-state index contributed by atoms with van der Waals surface area (Å²) in [4.78, 5) is 4.32. The lowest BCUT2D eigenvalue weighted by atomic mass is 9.91. The molecule has 0 saturated carbocycles. The van der Waals surface area contributed by atoms with Crippen molar-refractivity contribution in [2.75, 3.05) is 0 Å². The van der Waals surface area contributed by atoms with Crippen LogP contribution >= 0.6 is 0 Å². The van der Waals surface area contributed by atoms with E-state index in [1.54, 1.807) is 0 Å². The van der Waals surface area contributed by atoms with E-state index in [0.717, 1.165) is 12.8 Å². The smallest absolute Gasteiger partial charge is 0.243 e. The third-order valence-electron chi connectivity index (χ3n) is 4.18. The first-order chi connectivity index (χ1) is 10.4. The van der Waals surface area contributed by atoms with E-state index in [-0.39, 0.29) is 11.6 Å². The normalized spacial score (nSPS) is 20.0. The van der Waals surface area contributed by atoms with Crippen LogP contribution in [0.5, 0.6) is 0 Å². The lowest BCUT2D eigenvalue weighted by Crippen LogP contribution is -2.30. The summed E-state index contributed by atoms with van der Waals surface area (Å²) in [5.74, 6) is 1.32. The summed E-state index contributed by atoms with van der Waals surface area (Å²) in [7, 11) is 0. The van der Waals surface area contributed by atoms with Crippen LogP contribution < -0.4 is 5.32 Å². The molecule has 0 aliphatic heterocycles. The van der Waals surface area contributed by atoms with Gasteiger partial charge in [0, 0.05) is 17.3 Å². The molecular formula is C16H25N5O. The molecule has 0 saturated heterocycles. The Labute approximate surface area is 131 Å². The van der Waals surface area contributed by atoms with Crippen molar-refractivity contribution < 1.29 is 4.52 Å². The maximum atomic E-state index is 5.27. The molecule has 1 N–H and O–H groups in total. The zero-order valence-electron chi connectivity index (χ0n) is 14.1. The van der Waals surface area contributed by atoms with E-state index in [0.29, 0.717) is 17.8 Å². The highest BCUT2D eigenvalue weighted by Crippen LogP contribution is 2.33. The molecule has 120 valence electrons. The zero-order valence-corrected chi connectivity index (χ0v) is 14.1. The average molecular weight is 303 g/mol. The van der Waals surface area contributed by atoms with Crippen LogP contribution in [-0.2, 0) is 12.0 Å². The van der Waals surface area contributed by atoms with Gasteiger partial charge < -0.3 is 4.52 Å². The summed E-state index contributed by atoms with van der Waals surface area (Å²) >= 11 is 0. The van der Waals surface area contributed by atoms with Crippen LogP contribution in [0.4, 0.5) is 0 Å². The van der Waals surface area contributed by atoms with Gasteiger partial charge in [0.15, 0.2) is 5.82 Å². The van der Waals surface area contributed by atoms with Crippen molar-refractivity contribution in [2.45, 2.75) is 71.5 Å². The molecule has 2 heterocycles. The molecular weight excluding hydrogens is 278 g/mol. The molecule has 1 aliphatic carbocycles. The summed E-state index contributed by atoms with van der Waals surface area (Å²) in [5, 5.41) is 12.1. The highest BCUT2D eigenvalue weighted by Gasteiger charge is 2.29. The Morgan fingerprint density at radius 1 is 1.41 bits per heavy atom. The van der Waals surface area contributed by atoms with Crippen LogP contribution in [0.15, 0.2) is 10.7 Å². The fraction of sp³-hybridized carbons (Fsp3) is 0.688. The van der Waals surface area contributed by atoms with Gasteiger partial charge in [-0.05, 0) is 53.9 Å². The van der Waals surface area contributed by atoms with Gasteiger partial charge in [-0.2, -0.15) is 10.1 Å². The van der Waals surface area contributed by atoms with Crippen molar-refractivity contribution in [3.63, 3.8) is 0 Å². The number of aromatic nitrogens is 4. The van der Waals surface area contributed by atoms with Gasteiger partial charge in [-0.25, -0.2) is 0 Å². The maximum absolute atomic E-state index is 5.27. The predicted molar refractivity (Wildman–Crippen MR) is 83.5 cm³/mol. The SMILES string of the molecule is Cc1noc([C@H](C)N[C@@H]2CCCc3c2cnn3C(C)(C)C)n1. The van der Waals surface area contributed by atoms with E-state index in [9.17, 15) is 0 Å². The Morgan fingerprint density at radius 3 is 2.82 bits per heavy atom. The monoisotopic (exact) mass is 303 g/mol. The zero-order chi connectivity index (χ0) is 15.9. The van der Waals surface area contributed by atoms with Crippen molar-refractivity contribution in [3.05, 3.63) is 29.2 Å².